The summed E-state index contributed by atoms with van der Waals surface area (Å²) in [5.74, 6) is 1.07. The van der Waals surface area contributed by atoms with Crippen molar-refractivity contribution in [2.45, 2.75) is 12.8 Å². The van der Waals surface area contributed by atoms with Crippen LogP contribution in [-0.4, -0.2) is 5.84 Å². The lowest BCUT2D eigenvalue weighted by Crippen LogP contribution is -2.13. The maximum Gasteiger partial charge on any atom is 0.103 e. The molecule has 4 heteroatoms. The first-order chi connectivity index (χ1) is 6.68. The van der Waals surface area contributed by atoms with E-state index in [-0.39, 0.29) is 0 Å². The van der Waals surface area contributed by atoms with Gasteiger partial charge in [-0.3, -0.25) is 0 Å². The van der Waals surface area contributed by atoms with Crippen LogP contribution in [0, 0.1) is 5.92 Å². The van der Waals surface area contributed by atoms with Crippen molar-refractivity contribution in [3.63, 3.8) is 0 Å². The van der Waals surface area contributed by atoms with Gasteiger partial charge >= 0.3 is 0 Å². The first kappa shape index (κ1) is 9.81. The van der Waals surface area contributed by atoms with E-state index in [9.17, 15) is 0 Å². The number of halogens is 2. The van der Waals surface area contributed by atoms with Gasteiger partial charge in [0.05, 0.1) is 10.0 Å². The fraction of sp³-hybridized carbons (Fsp3) is 0.300. The molecule has 1 aromatic carbocycles. The number of nitrogens with zero attached hydrogens (tertiary/aromatic N) is 1. The molecule has 0 bridgehead atoms. The average Bonchev–Trinajstić information content (AvgIpc) is 2.94. The standard InChI is InChI=1S/C10H10Cl2N2/c11-7-2-1-3-8(12)9(7)14-10(13)6-4-5-6/h1-3,6H,4-5H2,(H2,13,14). The molecule has 1 fully saturated rings. The van der Waals surface area contributed by atoms with Crippen LogP contribution in [0.25, 0.3) is 0 Å². The number of amidine groups is 1. The average molecular weight is 229 g/mol. The summed E-state index contributed by atoms with van der Waals surface area (Å²) in [5, 5.41) is 1.09. The van der Waals surface area contributed by atoms with Crippen molar-refractivity contribution in [3.8, 4) is 0 Å². The second kappa shape index (κ2) is 3.79. The smallest absolute Gasteiger partial charge is 0.103 e. The van der Waals surface area contributed by atoms with Crippen molar-refractivity contribution in [3.05, 3.63) is 28.2 Å². The van der Waals surface area contributed by atoms with Crippen molar-refractivity contribution in [1.82, 2.24) is 0 Å². The summed E-state index contributed by atoms with van der Waals surface area (Å²) in [7, 11) is 0. The Labute approximate surface area is 92.7 Å². The van der Waals surface area contributed by atoms with Gasteiger partial charge in [0.1, 0.15) is 11.5 Å². The summed E-state index contributed by atoms with van der Waals surface area (Å²) < 4.78 is 0. The van der Waals surface area contributed by atoms with E-state index in [1.165, 1.54) is 0 Å². The molecule has 0 aliphatic heterocycles. The van der Waals surface area contributed by atoms with Gasteiger partial charge in [0.25, 0.3) is 0 Å². The highest BCUT2D eigenvalue weighted by atomic mass is 35.5. The van der Waals surface area contributed by atoms with Gasteiger partial charge in [-0.05, 0) is 25.0 Å². The summed E-state index contributed by atoms with van der Waals surface area (Å²) in [5.41, 5.74) is 6.37. The largest absolute Gasteiger partial charge is 0.387 e. The minimum atomic E-state index is 0.433. The van der Waals surface area contributed by atoms with Gasteiger partial charge in [-0.25, -0.2) is 4.99 Å². The molecule has 0 atom stereocenters. The van der Waals surface area contributed by atoms with Gasteiger partial charge in [0.2, 0.25) is 0 Å². The predicted octanol–water partition coefficient (Wildman–Crippen LogP) is 3.39. The SMILES string of the molecule is NC(=Nc1c(Cl)cccc1Cl)C1CC1. The van der Waals surface area contributed by atoms with Gasteiger partial charge in [0.15, 0.2) is 0 Å². The summed E-state index contributed by atoms with van der Waals surface area (Å²) in [6.07, 6.45) is 2.24. The molecular formula is C10H10Cl2N2. The molecule has 0 radical (unpaired) electrons. The van der Waals surface area contributed by atoms with E-state index < -0.39 is 0 Å². The van der Waals surface area contributed by atoms with Crippen LogP contribution in [0.15, 0.2) is 23.2 Å². The maximum absolute atomic E-state index is 5.95. The fourth-order valence-corrected chi connectivity index (χ4v) is 1.68. The molecule has 1 aliphatic rings. The van der Waals surface area contributed by atoms with Gasteiger partial charge in [-0.2, -0.15) is 0 Å². The van der Waals surface area contributed by atoms with Crippen LogP contribution >= 0.6 is 23.2 Å². The van der Waals surface area contributed by atoms with Crippen LogP contribution in [0.1, 0.15) is 12.8 Å². The third-order valence-electron chi connectivity index (χ3n) is 2.17. The summed E-state index contributed by atoms with van der Waals surface area (Å²) >= 11 is 11.9. The molecular weight excluding hydrogens is 219 g/mol. The van der Waals surface area contributed by atoms with E-state index >= 15 is 0 Å². The molecule has 1 aromatic rings. The lowest BCUT2D eigenvalue weighted by Gasteiger charge is -2.02. The Morgan fingerprint density at radius 1 is 1.29 bits per heavy atom. The lowest BCUT2D eigenvalue weighted by molar-refractivity contribution is 1.15. The van der Waals surface area contributed by atoms with Crippen LogP contribution in [0.2, 0.25) is 10.0 Å². The van der Waals surface area contributed by atoms with Crippen molar-refractivity contribution in [1.29, 1.82) is 0 Å². The second-order valence-electron chi connectivity index (χ2n) is 3.38. The van der Waals surface area contributed by atoms with Crippen molar-refractivity contribution in [2.75, 3.05) is 0 Å². The monoisotopic (exact) mass is 228 g/mol. The minimum Gasteiger partial charge on any atom is -0.387 e. The van der Waals surface area contributed by atoms with E-state index in [2.05, 4.69) is 4.99 Å². The van der Waals surface area contributed by atoms with Gasteiger partial charge in [-0.1, -0.05) is 29.3 Å². The van der Waals surface area contributed by atoms with E-state index in [1.807, 2.05) is 0 Å². The third-order valence-corrected chi connectivity index (χ3v) is 2.78. The van der Waals surface area contributed by atoms with E-state index in [1.54, 1.807) is 18.2 Å². The highest BCUT2D eigenvalue weighted by molar-refractivity contribution is 6.38. The molecule has 0 saturated heterocycles. The molecule has 2 rings (SSSR count). The minimum absolute atomic E-state index is 0.433. The Morgan fingerprint density at radius 3 is 2.36 bits per heavy atom. The Kier molecular flexibility index (Phi) is 2.66. The zero-order chi connectivity index (χ0) is 10.1. The second-order valence-corrected chi connectivity index (χ2v) is 4.20. The molecule has 0 heterocycles. The van der Waals surface area contributed by atoms with Crippen LogP contribution < -0.4 is 5.73 Å². The van der Waals surface area contributed by atoms with Crippen molar-refractivity contribution < 1.29 is 0 Å². The van der Waals surface area contributed by atoms with Gasteiger partial charge in [0, 0.05) is 5.92 Å². The van der Waals surface area contributed by atoms with Crippen LogP contribution in [0.4, 0.5) is 5.69 Å². The molecule has 0 amide bonds. The molecule has 0 spiro atoms. The first-order valence-corrected chi connectivity index (χ1v) is 5.22. The predicted molar refractivity (Wildman–Crippen MR) is 60.5 cm³/mol. The van der Waals surface area contributed by atoms with Gasteiger partial charge in [-0.15, -0.1) is 0 Å². The Balaban J connectivity index is 2.35. The van der Waals surface area contributed by atoms with Crippen molar-refractivity contribution in [2.24, 2.45) is 16.6 Å². The Hall–Kier alpha value is -0.730. The molecule has 0 unspecified atom stereocenters. The normalized spacial score (nSPS) is 17.1. The van der Waals surface area contributed by atoms with Crippen LogP contribution in [0.5, 0.6) is 0 Å². The highest BCUT2D eigenvalue weighted by Gasteiger charge is 2.25. The molecule has 1 aliphatic carbocycles. The number of para-hydroxylation sites is 1. The Morgan fingerprint density at radius 2 is 1.86 bits per heavy atom. The Bertz CT molecular complexity index is 363. The first-order valence-electron chi connectivity index (χ1n) is 4.46. The third kappa shape index (κ3) is 2.02. The van der Waals surface area contributed by atoms with E-state index in [0.29, 0.717) is 27.5 Å². The number of rotatable bonds is 2. The van der Waals surface area contributed by atoms with Crippen LogP contribution in [0.3, 0.4) is 0 Å². The summed E-state index contributed by atoms with van der Waals surface area (Å²) in [6, 6.07) is 5.30. The van der Waals surface area contributed by atoms with Gasteiger partial charge < -0.3 is 5.73 Å². The summed E-state index contributed by atoms with van der Waals surface area (Å²) in [6.45, 7) is 0. The van der Waals surface area contributed by atoms with Crippen molar-refractivity contribution >= 4 is 34.7 Å². The van der Waals surface area contributed by atoms with E-state index in [4.69, 9.17) is 28.9 Å². The zero-order valence-electron chi connectivity index (χ0n) is 7.50. The number of nitrogens with two attached hydrogens (primary N) is 1. The molecule has 2 nitrogen and oxygen atoms in total. The number of benzene rings is 1. The van der Waals surface area contributed by atoms with Crippen LogP contribution in [-0.2, 0) is 0 Å². The summed E-state index contributed by atoms with van der Waals surface area (Å²) in [4.78, 5) is 4.25. The zero-order valence-corrected chi connectivity index (χ0v) is 9.02. The molecule has 0 aromatic heterocycles. The molecule has 14 heavy (non-hydrogen) atoms. The maximum atomic E-state index is 5.95. The fourth-order valence-electron chi connectivity index (χ4n) is 1.20. The molecule has 2 N–H and O–H groups in total. The lowest BCUT2D eigenvalue weighted by atomic mass is 10.3. The number of hydrogen-bond acceptors (Lipinski definition) is 1. The number of hydrogen-bond donors (Lipinski definition) is 1. The topological polar surface area (TPSA) is 38.4 Å². The highest BCUT2D eigenvalue weighted by Crippen LogP contribution is 2.35. The number of aliphatic imine (C=N–C) groups is 1. The molecule has 74 valence electrons. The quantitative estimate of drug-likeness (QED) is 0.612. The molecule has 1 saturated carbocycles. The van der Waals surface area contributed by atoms with E-state index in [0.717, 1.165) is 12.8 Å².